The fourth-order valence-corrected chi connectivity index (χ4v) is 0.651. The minimum Gasteiger partial charge on any atom is -0.409 e. The van der Waals surface area contributed by atoms with E-state index in [0.717, 1.165) is 0 Å². The van der Waals surface area contributed by atoms with Crippen molar-refractivity contribution < 1.29 is 9.53 Å². The highest BCUT2D eigenvalue weighted by Gasteiger charge is 1.97. The molecule has 0 atom stereocenters. The van der Waals surface area contributed by atoms with Gasteiger partial charge in [-0.25, -0.2) is 9.78 Å². The summed E-state index contributed by atoms with van der Waals surface area (Å²) in [4.78, 5) is 13.9. The van der Waals surface area contributed by atoms with E-state index in [0.29, 0.717) is 5.15 Å². The van der Waals surface area contributed by atoms with Gasteiger partial charge in [0.2, 0.25) is 0 Å². The lowest BCUT2D eigenvalue weighted by atomic mass is 10.5. The Hall–Kier alpha value is -1.29. The number of amides is 1. The maximum absolute atomic E-state index is 10.2. The van der Waals surface area contributed by atoms with Gasteiger partial charge in [0, 0.05) is 0 Å². The molecule has 0 saturated carbocycles. The molecule has 11 heavy (non-hydrogen) atoms. The van der Waals surface area contributed by atoms with Crippen LogP contribution in [0.5, 0.6) is 5.75 Å². The maximum atomic E-state index is 10.2. The highest BCUT2D eigenvalue weighted by atomic mass is 35.5. The highest BCUT2D eigenvalue weighted by Crippen LogP contribution is 2.11. The van der Waals surface area contributed by atoms with E-state index in [9.17, 15) is 4.79 Å². The monoisotopic (exact) mass is 172 g/mol. The first-order valence-electron chi connectivity index (χ1n) is 2.77. The van der Waals surface area contributed by atoms with Crippen molar-refractivity contribution >= 4 is 17.7 Å². The van der Waals surface area contributed by atoms with E-state index in [-0.39, 0.29) is 5.75 Å². The molecular weight excluding hydrogens is 168 g/mol. The van der Waals surface area contributed by atoms with Gasteiger partial charge in [0.05, 0.1) is 6.20 Å². The molecule has 0 saturated heterocycles. The number of rotatable bonds is 1. The molecule has 1 heterocycles. The number of halogens is 1. The molecule has 1 amide bonds. The molecular formula is C6H5ClN2O2. The van der Waals surface area contributed by atoms with Gasteiger partial charge in [0.25, 0.3) is 0 Å². The van der Waals surface area contributed by atoms with Crippen LogP contribution in [0.4, 0.5) is 4.79 Å². The van der Waals surface area contributed by atoms with Crippen LogP contribution in [-0.4, -0.2) is 11.1 Å². The number of hydrogen-bond acceptors (Lipinski definition) is 3. The standard InChI is InChI=1S/C6H5ClN2O2/c7-5-2-1-4(3-9-5)11-6(8)10/h1-3H,(H2,8,10). The summed E-state index contributed by atoms with van der Waals surface area (Å²) in [7, 11) is 0. The summed E-state index contributed by atoms with van der Waals surface area (Å²) in [5, 5.41) is 0.335. The Morgan fingerprint density at radius 1 is 1.64 bits per heavy atom. The third-order valence-corrected chi connectivity index (χ3v) is 1.14. The smallest absolute Gasteiger partial charge is 0.409 e. The molecule has 1 aromatic rings. The molecule has 5 heteroatoms. The first-order valence-corrected chi connectivity index (χ1v) is 3.15. The van der Waals surface area contributed by atoms with Gasteiger partial charge >= 0.3 is 6.09 Å². The van der Waals surface area contributed by atoms with Crippen LogP contribution in [0.15, 0.2) is 18.3 Å². The summed E-state index contributed by atoms with van der Waals surface area (Å²) in [5.41, 5.74) is 4.74. The highest BCUT2D eigenvalue weighted by molar-refractivity contribution is 6.29. The summed E-state index contributed by atoms with van der Waals surface area (Å²) in [6.45, 7) is 0. The molecule has 2 N–H and O–H groups in total. The third-order valence-electron chi connectivity index (χ3n) is 0.919. The van der Waals surface area contributed by atoms with Crippen molar-refractivity contribution in [3.63, 3.8) is 0 Å². The molecule has 0 radical (unpaired) electrons. The summed E-state index contributed by atoms with van der Waals surface area (Å²) >= 11 is 5.47. The quantitative estimate of drug-likeness (QED) is 0.648. The van der Waals surface area contributed by atoms with Gasteiger partial charge in [0.15, 0.2) is 5.75 Å². The minimum absolute atomic E-state index is 0.280. The van der Waals surface area contributed by atoms with Crippen LogP contribution in [0, 0.1) is 0 Å². The van der Waals surface area contributed by atoms with Crippen LogP contribution in [0.1, 0.15) is 0 Å². The Labute approximate surface area is 67.9 Å². The van der Waals surface area contributed by atoms with Crippen molar-refractivity contribution in [1.82, 2.24) is 4.98 Å². The molecule has 0 spiro atoms. The normalized spacial score (nSPS) is 9.18. The Morgan fingerprint density at radius 2 is 2.36 bits per heavy atom. The zero-order valence-electron chi connectivity index (χ0n) is 5.45. The van der Waals surface area contributed by atoms with E-state index in [2.05, 4.69) is 9.72 Å². The van der Waals surface area contributed by atoms with E-state index in [1.165, 1.54) is 18.3 Å². The number of carbonyl (C=O) groups is 1. The summed E-state index contributed by atoms with van der Waals surface area (Å²) in [5.74, 6) is 0.280. The number of aromatic nitrogens is 1. The maximum Gasteiger partial charge on any atom is 0.410 e. The van der Waals surface area contributed by atoms with E-state index in [1.807, 2.05) is 0 Å². The van der Waals surface area contributed by atoms with Gasteiger partial charge in [-0.15, -0.1) is 0 Å². The molecule has 0 unspecified atom stereocenters. The van der Waals surface area contributed by atoms with Crippen molar-refractivity contribution in [2.24, 2.45) is 5.73 Å². The average Bonchev–Trinajstić information content (AvgIpc) is 1.93. The first kappa shape index (κ1) is 7.81. The van der Waals surface area contributed by atoms with Gasteiger partial charge in [-0.05, 0) is 12.1 Å². The van der Waals surface area contributed by atoms with Gasteiger partial charge in [-0.2, -0.15) is 0 Å². The van der Waals surface area contributed by atoms with Crippen LogP contribution in [0.3, 0.4) is 0 Å². The SMILES string of the molecule is NC(=O)Oc1ccc(Cl)nc1. The molecule has 0 aromatic carbocycles. The number of hydrogen-bond donors (Lipinski definition) is 1. The number of nitrogens with two attached hydrogens (primary N) is 1. The number of ether oxygens (including phenoxy) is 1. The molecule has 1 rings (SSSR count). The third kappa shape index (κ3) is 2.43. The molecule has 4 nitrogen and oxygen atoms in total. The molecule has 0 aliphatic carbocycles. The lowest BCUT2D eigenvalue weighted by molar-refractivity contribution is 0.210. The van der Waals surface area contributed by atoms with Crippen LogP contribution >= 0.6 is 11.6 Å². The molecule has 1 aromatic heterocycles. The van der Waals surface area contributed by atoms with Gasteiger partial charge < -0.3 is 10.5 Å². The van der Waals surface area contributed by atoms with Crippen LogP contribution in [0.25, 0.3) is 0 Å². The first-order chi connectivity index (χ1) is 5.18. The van der Waals surface area contributed by atoms with E-state index < -0.39 is 6.09 Å². The van der Waals surface area contributed by atoms with Gasteiger partial charge in [-0.1, -0.05) is 11.6 Å². The largest absolute Gasteiger partial charge is 0.410 e. The Kier molecular flexibility index (Phi) is 2.28. The topological polar surface area (TPSA) is 65.2 Å². The Bertz CT molecular complexity index is 260. The number of pyridine rings is 1. The van der Waals surface area contributed by atoms with Gasteiger partial charge in [0.1, 0.15) is 5.15 Å². The lowest BCUT2D eigenvalue weighted by Gasteiger charge is -1.97. The lowest BCUT2D eigenvalue weighted by Crippen LogP contribution is -2.16. The zero-order valence-corrected chi connectivity index (χ0v) is 6.21. The number of nitrogens with zero attached hydrogens (tertiary/aromatic N) is 1. The molecule has 0 fully saturated rings. The predicted molar refractivity (Wildman–Crippen MR) is 39.5 cm³/mol. The van der Waals surface area contributed by atoms with Crippen LogP contribution in [-0.2, 0) is 0 Å². The van der Waals surface area contributed by atoms with E-state index in [1.54, 1.807) is 0 Å². The van der Waals surface area contributed by atoms with Crippen molar-refractivity contribution in [2.75, 3.05) is 0 Å². The van der Waals surface area contributed by atoms with Crippen molar-refractivity contribution in [2.45, 2.75) is 0 Å². The number of carbonyl (C=O) groups excluding carboxylic acids is 1. The predicted octanol–water partition coefficient (Wildman–Crippen LogP) is 1.19. The van der Waals surface area contributed by atoms with Crippen LogP contribution in [0.2, 0.25) is 5.15 Å². The van der Waals surface area contributed by atoms with E-state index >= 15 is 0 Å². The number of primary amides is 1. The fraction of sp³-hybridized carbons (Fsp3) is 0. The molecule has 58 valence electrons. The summed E-state index contributed by atoms with van der Waals surface area (Å²) in [6, 6.07) is 3.00. The Balaban J connectivity index is 2.74. The average molecular weight is 173 g/mol. The second-order valence-electron chi connectivity index (χ2n) is 1.74. The second-order valence-corrected chi connectivity index (χ2v) is 2.12. The van der Waals surface area contributed by atoms with Crippen LogP contribution < -0.4 is 10.5 Å². The van der Waals surface area contributed by atoms with Crippen molar-refractivity contribution in [3.05, 3.63) is 23.5 Å². The molecule has 0 bridgehead atoms. The molecule has 0 aliphatic heterocycles. The molecule has 0 aliphatic rings. The summed E-state index contributed by atoms with van der Waals surface area (Å²) in [6.07, 6.45) is 0.446. The summed E-state index contributed by atoms with van der Waals surface area (Å²) < 4.78 is 4.49. The van der Waals surface area contributed by atoms with E-state index in [4.69, 9.17) is 17.3 Å². The van der Waals surface area contributed by atoms with Crippen molar-refractivity contribution in [3.8, 4) is 5.75 Å². The minimum atomic E-state index is -0.867. The van der Waals surface area contributed by atoms with Crippen molar-refractivity contribution in [1.29, 1.82) is 0 Å². The van der Waals surface area contributed by atoms with Gasteiger partial charge in [-0.3, -0.25) is 0 Å². The Morgan fingerprint density at radius 3 is 2.82 bits per heavy atom. The zero-order chi connectivity index (χ0) is 8.27. The fourth-order valence-electron chi connectivity index (χ4n) is 0.539. The second kappa shape index (κ2) is 3.21.